The minimum atomic E-state index is 0. The van der Waals surface area contributed by atoms with Crippen LogP contribution in [0.15, 0.2) is 97.2 Å². The second-order valence-electron chi connectivity index (χ2n) is 13.7. The Hall–Kier alpha value is -4.47. The number of fused-ring (bicyclic) bond motifs is 3. The molecule has 250 valence electrons. The molecule has 0 aliphatic heterocycles. The van der Waals surface area contributed by atoms with Gasteiger partial charge in [0.15, 0.2) is 0 Å². The SMILES string of the molecule is CCCCCc1ccnc(-n2c3[c-]c(Oc4[c-]c(-n5nc(C)c(-c6ccccc6)c5C)ccc4)ccc3c3cc(C(C)(C)C)ccc32)c1.[Pt+2]. The minimum Gasteiger partial charge on any atom is -0.509 e. The van der Waals surface area contributed by atoms with Crippen molar-refractivity contribution >= 4 is 21.8 Å². The van der Waals surface area contributed by atoms with Gasteiger partial charge in [0.1, 0.15) is 5.82 Å². The maximum atomic E-state index is 6.48. The summed E-state index contributed by atoms with van der Waals surface area (Å²) in [6.07, 6.45) is 6.58. The van der Waals surface area contributed by atoms with Crippen molar-refractivity contribution in [1.82, 2.24) is 19.3 Å². The molecule has 5 nitrogen and oxygen atoms in total. The van der Waals surface area contributed by atoms with Crippen LogP contribution in [0.4, 0.5) is 0 Å². The Morgan fingerprint density at radius 2 is 1.59 bits per heavy atom. The van der Waals surface area contributed by atoms with Gasteiger partial charge in [-0.2, -0.15) is 17.2 Å². The van der Waals surface area contributed by atoms with Gasteiger partial charge in [-0.15, -0.1) is 35.7 Å². The summed E-state index contributed by atoms with van der Waals surface area (Å²) in [5.74, 6) is 2.12. The fourth-order valence-corrected chi connectivity index (χ4v) is 6.64. The largest absolute Gasteiger partial charge is 2.00 e. The van der Waals surface area contributed by atoms with Crippen molar-refractivity contribution in [2.24, 2.45) is 0 Å². The van der Waals surface area contributed by atoms with Gasteiger partial charge in [0.05, 0.1) is 5.69 Å². The number of hydrogen-bond acceptors (Lipinski definition) is 3. The zero-order valence-corrected chi connectivity index (χ0v) is 31.4. The van der Waals surface area contributed by atoms with E-state index < -0.39 is 0 Å². The second-order valence-corrected chi connectivity index (χ2v) is 13.7. The molecule has 0 radical (unpaired) electrons. The van der Waals surface area contributed by atoms with Crippen LogP contribution in [0.3, 0.4) is 0 Å². The summed E-state index contributed by atoms with van der Waals surface area (Å²) in [6.45, 7) is 13.2. The smallest absolute Gasteiger partial charge is 0.509 e. The summed E-state index contributed by atoms with van der Waals surface area (Å²) in [5.41, 5.74) is 9.82. The Morgan fingerprint density at radius 3 is 2.37 bits per heavy atom. The predicted octanol–water partition coefficient (Wildman–Crippen LogP) is 11.1. The molecule has 0 N–H and O–H groups in total. The molecule has 49 heavy (non-hydrogen) atoms. The quantitative estimate of drug-likeness (QED) is 0.108. The Kier molecular flexibility index (Phi) is 9.95. The number of aryl methyl sites for hydroxylation is 2. The molecule has 0 fully saturated rings. The standard InChI is InChI=1S/C43H42N4O.Pt/c1-7-8-10-14-31-23-24-44-41(25-31)46-39-22-19-33(43(4,5)6)26-38(39)37-21-20-36(28-40(37)46)48-35-18-13-17-34(27-35)47-30(3)42(29(2)45-47)32-15-11-9-12-16-32;/h9,11-13,15-26H,7-8,10,14H2,1-6H3;/q-2;+2. The van der Waals surface area contributed by atoms with Gasteiger partial charge < -0.3 is 9.30 Å². The maximum absolute atomic E-state index is 6.48. The second kappa shape index (κ2) is 14.2. The molecular formula is C43H42N4OPt. The molecule has 0 saturated carbocycles. The summed E-state index contributed by atoms with van der Waals surface area (Å²) in [5, 5.41) is 7.19. The molecule has 4 aromatic carbocycles. The maximum Gasteiger partial charge on any atom is 2.00 e. The molecule has 0 saturated heterocycles. The number of aromatic nitrogens is 4. The Bertz CT molecular complexity index is 2240. The van der Waals surface area contributed by atoms with Crippen LogP contribution >= 0.6 is 0 Å². The van der Waals surface area contributed by atoms with Gasteiger partial charge in [0.2, 0.25) is 0 Å². The zero-order chi connectivity index (χ0) is 33.4. The number of unbranched alkanes of at least 4 members (excludes halogenated alkanes) is 2. The van der Waals surface area contributed by atoms with Crippen LogP contribution in [-0.2, 0) is 32.9 Å². The number of nitrogens with zero attached hydrogens (tertiary/aromatic N) is 4. The van der Waals surface area contributed by atoms with Crippen molar-refractivity contribution in [3.8, 4) is 34.1 Å². The van der Waals surface area contributed by atoms with Crippen molar-refractivity contribution in [2.75, 3.05) is 0 Å². The number of hydrogen-bond donors (Lipinski definition) is 0. The van der Waals surface area contributed by atoms with E-state index >= 15 is 0 Å². The van der Waals surface area contributed by atoms with Crippen LogP contribution in [0.2, 0.25) is 0 Å². The van der Waals surface area contributed by atoms with Crippen molar-refractivity contribution in [3.05, 3.63) is 132 Å². The zero-order valence-electron chi connectivity index (χ0n) is 29.1. The normalized spacial score (nSPS) is 11.6. The molecule has 0 amide bonds. The molecule has 0 aliphatic carbocycles. The third-order valence-corrected chi connectivity index (χ3v) is 9.18. The molecule has 0 unspecified atom stereocenters. The fraction of sp³-hybridized carbons (Fsp3) is 0.256. The first-order valence-electron chi connectivity index (χ1n) is 17.0. The molecule has 0 spiro atoms. The van der Waals surface area contributed by atoms with Crippen LogP contribution in [0.25, 0.3) is 44.4 Å². The van der Waals surface area contributed by atoms with Crippen LogP contribution in [0.1, 0.15) is 69.5 Å². The number of rotatable bonds is 9. The molecule has 6 heteroatoms. The van der Waals surface area contributed by atoms with Crippen LogP contribution in [0, 0.1) is 26.0 Å². The van der Waals surface area contributed by atoms with Gasteiger partial charge in [-0.1, -0.05) is 88.5 Å². The molecule has 7 aromatic rings. The summed E-state index contributed by atoms with van der Waals surface area (Å²) in [4.78, 5) is 4.87. The average Bonchev–Trinajstić information content (AvgIpc) is 3.57. The van der Waals surface area contributed by atoms with E-state index in [9.17, 15) is 0 Å². The Labute approximate surface area is 304 Å². The van der Waals surface area contributed by atoms with E-state index in [-0.39, 0.29) is 26.5 Å². The van der Waals surface area contributed by atoms with E-state index in [4.69, 9.17) is 14.8 Å². The average molecular weight is 826 g/mol. The van der Waals surface area contributed by atoms with Gasteiger partial charge in [-0.25, -0.2) is 4.98 Å². The van der Waals surface area contributed by atoms with E-state index in [0.29, 0.717) is 11.5 Å². The van der Waals surface area contributed by atoms with Crippen LogP contribution < -0.4 is 4.74 Å². The Morgan fingerprint density at radius 1 is 0.796 bits per heavy atom. The van der Waals surface area contributed by atoms with Crippen LogP contribution in [-0.4, -0.2) is 19.3 Å². The first-order valence-corrected chi connectivity index (χ1v) is 17.0. The van der Waals surface area contributed by atoms with Crippen LogP contribution in [0.5, 0.6) is 11.5 Å². The summed E-state index contributed by atoms with van der Waals surface area (Å²) >= 11 is 0. The number of ether oxygens (including phenoxy) is 1. The monoisotopic (exact) mass is 825 g/mol. The molecule has 0 bridgehead atoms. The molecule has 7 rings (SSSR count). The summed E-state index contributed by atoms with van der Waals surface area (Å²) in [6, 6.07) is 38.7. The number of pyridine rings is 1. The first kappa shape index (κ1) is 34.4. The molecule has 0 aliphatic rings. The van der Waals surface area contributed by atoms with E-state index in [2.05, 4.69) is 119 Å². The van der Waals surface area contributed by atoms with Crippen molar-refractivity contribution in [1.29, 1.82) is 0 Å². The fourth-order valence-electron chi connectivity index (χ4n) is 6.64. The van der Waals surface area contributed by atoms with Gasteiger partial charge in [-0.05, 0) is 78.1 Å². The van der Waals surface area contributed by atoms with Gasteiger partial charge in [0, 0.05) is 34.5 Å². The summed E-state index contributed by atoms with van der Waals surface area (Å²) in [7, 11) is 0. The topological polar surface area (TPSA) is 44.9 Å². The van der Waals surface area contributed by atoms with E-state index in [1.165, 1.54) is 35.8 Å². The Balaban J connectivity index is 0.00000417. The minimum absolute atomic E-state index is 0. The molecule has 3 aromatic heterocycles. The van der Waals surface area contributed by atoms with Gasteiger partial charge >= 0.3 is 21.1 Å². The van der Waals surface area contributed by atoms with E-state index in [0.717, 1.165) is 56.9 Å². The first-order chi connectivity index (χ1) is 23.2. The summed E-state index contributed by atoms with van der Waals surface area (Å²) < 4.78 is 10.7. The third kappa shape index (κ3) is 6.87. The van der Waals surface area contributed by atoms with E-state index in [1.54, 1.807) is 0 Å². The van der Waals surface area contributed by atoms with E-state index in [1.807, 2.05) is 41.2 Å². The molecule has 3 heterocycles. The predicted molar refractivity (Wildman–Crippen MR) is 197 cm³/mol. The number of benzene rings is 4. The van der Waals surface area contributed by atoms with Crippen molar-refractivity contribution in [2.45, 2.75) is 72.6 Å². The van der Waals surface area contributed by atoms with Crippen molar-refractivity contribution < 1.29 is 25.8 Å². The van der Waals surface area contributed by atoms with Gasteiger partial charge in [0.25, 0.3) is 0 Å². The third-order valence-electron chi connectivity index (χ3n) is 9.18. The van der Waals surface area contributed by atoms with Crippen molar-refractivity contribution in [3.63, 3.8) is 0 Å². The molecular weight excluding hydrogens is 784 g/mol. The molecule has 0 atom stereocenters. The van der Waals surface area contributed by atoms with Gasteiger partial charge in [-0.3, -0.25) is 4.68 Å².